The molecule has 0 spiro atoms. The highest BCUT2D eigenvalue weighted by Crippen LogP contribution is 2.43. The molecule has 9 heteroatoms. The molecule has 0 saturated heterocycles. The predicted molar refractivity (Wildman–Crippen MR) is 198 cm³/mol. The van der Waals surface area contributed by atoms with Gasteiger partial charge < -0.3 is 21.1 Å². The zero-order chi connectivity index (χ0) is 34.7. The van der Waals surface area contributed by atoms with E-state index in [1.165, 1.54) is 19.3 Å². The smallest absolute Gasteiger partial charge is 0.387 e. The number of hydrogen-bond donors (Lipinski definition) is 4. The Labute approximate surface area is 286 Å². The summed E-state index contributed by atoms with van der Waals surface area (Å²) in [5, 5.41) is 13.4. The molecule has 0 fully saturated rings. The van der Waals surface area contributed by atoms with Crippen molar-refractivity contribution in [3.63, 3.8) is 0 Å². The number of nitrogens with one attached hydrogen (secondary N) is 1. The van der Waals surface area contributed by atoms with Crippen LogP contribution < -0.4 is 11.1 Å². The number of hydrogen-bond acceptors (Lipinski definition) is 6. The molecular weight excluding hydrogens is 611 g/mol. The third-order valence-electron chi connectivity index (χ3n) is 6.98. The van der Waals surface area contributed by atoms with Crippen molar-refractivity contribution in [1.82, 2.24) is 5.32 Å². The molecule has 0 aromatic rings. The lowest BCUT2D eigenvalue weighted by atomic mass is 10.1. The van der Waals surface area contributed by atoms with Crippen molar-refractivity contribution in [2.45, 2.75) is 129 Å². The van der Waals surface area contributed by atoms with Gasteiger partial charge in [0.15, 0.2) is 0 Å². The van der Waals surface area contributed by atoms with Crippen molar-refractivity contribution in [1.29, 1.82) is 0 Å². The Balaban J connectivity index is 4.33. The lowest BCUT2D eigenvalue weighted by molar-refractivity contribution is -0.123. The average molecular weight is 677 g/mol. The van der Waals surface area contributed by atoms with Crippen LogP contribution in [0.1, 0.15) is 117 Å². The van der Waals surface area contributed by atoms with Gasteiger partial charge >= 0.3 is 7.82 Å². The minimum Gasteiger partial charge on any atom is -0.387 e. The molecule has 0 saturated carbocycles. The number of nitrogens with two attached hydrogens (primary N) is 1. The molecule has 47 heavy (non-hydrogen) atoms. The van der Waals surface area contributed by atoms with Crippen LogP contribution in [0.4, 0.5) is 0 Å². The Bertz CT molecular complexity index is 1000. The van der Waals surface area contributed by atoms with Crippen LogP contribution in [0.15, 0.2) is 85.1 Å². The van der Waals surface area contributed by atoms with E-state index in [9.17, 15) is 19.4 Å². The highest BCUT2D eigenvalue weighted by Gasteiger charge is 2.26. The monoisotopic (exact) mass is 676 g/mol. The van der Waals surface area contributed by atoms with E-state index in [1.807, 2.05) is 6.08 Å². The van der Waals surface area contributed by atoms with Crippen LogP contribution in [0, 0.1) is 0 Å². The summed E-state index contributed by atoms with van der Waals surface area (Å²) in [4.78, 5) is 22.5. The van der Waals surface area contributed by atoms with Crippen molar-refractivity contribution in [3.05, 3.63) is 85.1 Å². The van der Waals surface area contributed by atoms with Gasteiger partial charge in [0.1, 0.15) is 0 Å². The molecule has 0 rings (SSSR count). The molecule has 0 aliphatic carbocycles. The molecule has 0 radical (unpaired) electrons. The maximum atomic E-state index is 12.6. The van der Waals surface area contributed by atoms with Crippen LogP contribution in [-0.2, 0) is 18.4 Å². The van der Waals surface area contributed by atoms with Gasteiger partial charge in [0.2, 0.25) is 5.91 Å². The number of rotatable bonds is 31. The fourth-order valence-corrected chi connectivity index (χ4v) is 5.07. The number of carbonyl (C=O) groups is 1. The van der Waals surface area contributed by atoms with Gasteiger partial charge in [-0.1, -0.05) is 125 Å². The Kier molecular flexibility index (Phi) is 31.9. The molecule has 0 aromatic carbocycles. The first-order valence-corrected chi connectivity index (χ1v) is 19.2. The Morgan fingerprint density at radius 3 is 1.79 bits per heavy atom. The summed E-state index contributed by atoms with van der Waals surface area (Å²) in [6.45, 7) is 3.88. The topological polar surface area (TPSA) is 131 Å². The fraction of sp³-hybridized carbons (Fsp3) is 0.605. The fourth-order valence-electron chi connectivity index (χ4n) is 4.31. The Morgan fingerprint density at radius 1 is 0.723 bits per heavy atom. The first kappa shape index (κ1) is 44.7. The predicted octanol–water partition coefficient (Wildman–Crippen LogP) is 9.10. The summed E-state index contributed by atoms with van der Waals surface area (Å²) in [6.07, 6.45) is 43.6. The minimum absolute atomic E-state index is 0.0657. The number of allylic oxidation sites excluding steroid dienone is 13. The normalized spacial score (nSPS) is 15.4. The molecule has 0 aliphatic heterocycles. The molecule has 3 unspecified atom stereocenters. The lowest BCUT2D eigenvalue weighted by Crippen LogP contribution is -2.45. The van der Waals surface area contributed by atoms with Crippen molar-refractivity contribution >= 4 is 13.7 Å². The van der Waals surface area contributed by atoms with Crippen LogP contribution in [-0.4, -0.2) is 47.8 Å². The number of amides is 1. The van der Waals surface area contributed by atoms with Gasteiger partial charge in [-0.2, -0.15) is 0 Å². The number of phosphoric acid groups is 1. The molecular formula is C38H65N2O6P. The van der Waals surface area contributed by atoms with Gasteiger partial charge in [0, 0.05) is 13.0 Å². The average Bonchev–Trinajstić information content (AvgIpc) is 3.05. The third kappa shape index (κ3) is 32.0. The van der Waals surface area contributed by atoms with Crippen LogP contribution in [0.3, 0.4) is 0 Å². The van der Waals surface area contributed by atoms with Crippen LogP contribution >= 0.6 is 7.82 Å². The zero-order valence-electron chi connectivity index (χ0n) is 29.2. The van der Waals surface area contributed by atoms with Crippen LogP contribution in [0.2, 0.25) is 0 Å². The SMILES string of the molecule is CC/C=C\C/C=C\C/C=C\C/C=C\C/C=C\C/C=C\CCCCC(=O)NC(COP(=O)(O)OCCN)C(O)/C=C/CCCCCCC. The number of phosphoric ester groups is 1. The maximum absolute atomic E-state index is 12.6. The summed E-state index contributed by atoms with van der Waals surface area (Å²) >= 11 is 0. The van der Waals surface area contributed by atoms with Crippen molar-refractivity contribution in [3.8, 4) is 0 Å². The van der Waals surface area contributed by atoms with Crippen LogP contribution in [0.5, 0.6) is 0 Å². The van der Waals surface area contributed by atoms with Crippen molar-refractivity contribution in [2.75, 3.05) is 19.8 Å². The van der Waals surface area contributed by atoms with E-state index in [4.69, 9.17) is 14.8 Å². The highest BCUT2D eigenvalue weighted by atomic mass is 31.2. The summed E-state index contributed by atoms with van der Waals surface area (Å²) in [6, 6.07) is -0.885. The zero-order valence-corrected chi connectivity index (χ0v) is 30.1. The van der Waals surface area contributed by atoms with Crippen molar-refractivity contribution in [2.24, 2.45) is 5.73 Å². The second kappa shape index (κ2) is 33.6. The molecule has 0 heterocycles. The van der Waals surface area contributed by atoms with E-state index < -0.39 is 20.0 Å². The number of unbranched alkanes of at least 4 members (excludes halogenated alkanes) is 7. The lowest BCUT2D eigenvalue weighted by Gasteiger charge is -2.23. The molecule has 0 aromatic heterocycles. The maximum Gasteiger partial charge on any atom is 0.472 e. The minimum atomic E-state index is -4.34. The number of aliphatic hydroxyl groups excluding tert-OH is 1. The van der Waals surface area contributed by atoms with Crippen LogP contribution in [0.25, 0.3) is 0 Å². The van der Waals surface area contributed by atoms with E-state index in [2.05, 4.69) is 92.1 Å². The van der Waals surface area contributed by atoms with E-state index in [1.54, 1.807) is 6.08 Å². The van der Waals surface area contributed by atoms with Gasteiger partial charge in [-0.05, 0) is 70.6 Å². The summed E-state index contributed by atoms with van der Waals surface area (Å²) in [5.41, 5.74) is 5.33. The Morgan fingerprint density at radius 2 is 1.23 bits per heavy atom. The van der Waals surface area contributed by atoms with Gasteiger partial charge in [-0.25, -0.2) is 4.57 Å². The number of carbonyl (C=O) groups excluding carboxylic acids is 1. The number of aliphatic hydroxyl groups is 1. The van der Waals surface area contributed by atoms with Gasteiger partial charge in [0.25, 0.3) is 0 Å². The third-order valence-corrected chi connectivity index (χ3v) is 7.96. The molecule has 5 N–H and O–H groups in total. The van der Waals surface area contributed by atoms with Gasteiger partial charge in [0.05, 0.1) is 25.4 Å². The van der Waals surface area contributed by atoms with E-state index >= 15 is 0 Å². The van der Waals surface area contributed by atoms with Gasteiger partial charge in [-0.3, -0.25) is 13.8 Å². The standard InChI is InChI=1S/C38H65N2O6P/c1-3-5-7-9-11-12-13-14-15-16-17-18-19-20-21-22-23-24-26-28-30-32-38(42)40-36(35-46-47(43,44)45-34-33-39)37(41)31-29-27-25-10-8-6-4-2/h5,7,11-12,14-15,17-18,20-21,23-24,29,31,36-37,41H,3-4,6,8-10,13,16,19,22,25-28,30,32-35,39H2,1-2H3,(H,40,42)(H,43,44)/b7-5-,12-11-,15-14-,18-17-,21-20-,24-23-,31-29+. The second-order valence-electron chi connectivity index (χ2n) is 11.3. The van der Waals surface area contributed by atoms with Crippen molar-refractivity contribution < 1.29 is 28.4 Å². The molecule has 0 bridgehead atoms. The first-order valence-electron chi connectivity index (χ1n) is 17.7. The summed E-state index contributed by atoms with van der Waals surface area (Å²) in [7, 11) is -4.34. The quantitative estimate of drug-likeness (QED) is 0.0327. The van der Waals surface area contributed by atoms with E-state index in [0.29, 0.717) is 6.42 Å². The highest BCUT2D eigenvalue weighted by molar-refractivity contribution is 7.47. The molecule has 268 valence electrons. The second-order valence-corrected chi connectivity index (χ2v) is 12.8. The molecule has 1 amide bonds. The molecule has 0 aliphatic rings. The van der Waals surface area contributed by atoms with E-state index in [0.717, 1.165) is 70.6 Å². The molecule has 8 nitrogen and oxygen atoms in total. The first-order chi connectivity index (χ1) is 22.9. The summed E-state index contributed by atoms with van der Waals surface area (Å²) in [5.74, 6) is -0.246. The van der Waals surface area contributed by atoms with Gasteiger partial charge in [-0.15, -0.1) is 0 Å². The molecule has 3 atom stereocenters. The largest absolute Gasteiger partial charge is 0.472 e. The summed E-state index contributed by atoms with van der Waals surface area (Å²) < 4.78 is 21.9. The Hall–Kier alpha value is -2.32. The van der Waals surface area contributed by atoms with E-state index in [-0.39, 0.29) is 32.1 Å².